The summed E-state index contributed by atoms with van der Waals surface area (Å²) < 4.78 is 40.7. The normalized spacial score (nSPS) is 15.2. The molecule has 1 fully saturated rings. The van der Waals surface area contributed by atoms with Gasteiger partial charge in [0.15, 0.2) is 5.65 Å². The maximum atomic E-state index is 13.2. The second kappa shape index (κ2) is 6.05. The van der Waals surface area contributed by atoms with E-state index in [0.717, 1.165) is 10.6 Å². The van der Waals surface area contributed by atoms with E-state index < -0.39 is 23.7 Å². The monoisotopic (exact) mass is 376 g/mol. The lowest BCUT2D eigenvalue weighted by Crippen LogP contribution is -2.51. The highest BCUT2D eigenvalue weighted by atomic mass is 19.4. The van der Waals surface area contributed by atoms with Gasteiger partial charge in [0, 0.05) is 13.1 Å². The summed E-state index contributed by atoms with van der Waals surface area (Å²) in [5.41, 5.74) is -0.802. The van der Waals surface area contributed by atoms with Crippen molar-refractivity contribution in [1.82, 2.24) is 14.5 Å². The Bertz CT molecular complexity index is 1090. The molecule has 1 aromatic carbocycles. The number of aromatic nitrogens is 3. The lowest BCUT2D eigenvalue weighted by Gasteiger charge is -2.37. The molecule has 0 amide bonds. The van der Waals surface area contributed by atoms with E-state index >= 15 is 0 Å². The van der Waals surface area contributed by atoms with Gasteiger partial charge in [0.1, 0.15) is 11.5 Å². The summed E-state index contributed by atoms with van der Waals surface area (Å²) in [6, 6.07) is 8.98. The molecule has 1 aliphatic rings. The van der Waals surface area contributed by atoms with Crippen LogP contribution in [-0.4, -0.2) is 38.8 Å². The van der Waals surface area contributed by atoms with Crippen LogP contribution in [0.3, 0.4) is 0 Å². The van der Waals surface area contributed by atoms with Crippen LogP contribution in [-0.2, 0) is 6.18 Å². The van der Waals surface area contributed by atoms with Crippen molar-refractivity contribution in [2.75, 3.05) is 18.0 Å². The van der Waals surface area contributed by atoms with Crippen LogP contribution in [0.25, 0.3) is 16.7 Å². The molecule has 0 atom stereocenters. The number of halogens is 3. The van der Waals surface area contributed by atoms with E-state index in [-0.39, 0.29) is 24.6 Å². The first kappa shape index (κ1) is 17.5. The van der Waals surface area contributed by atoms with Gasteiger partial charge < -0.3 is 10.0 Å². The van der Waals surface area contributed by atoms with Crippen LogP contribution in [0.15, 0.2) is 41.2 Å². The van der Waals surface area contributed by atoms with E-state index in [2.05, 4.69) is 9.97 Å². The Labute approximate surface area is 151 Å². The summed E-state index contributed by atoms with van der Waals surface area (Å²) in [5, 5.41) is 9.84. The predicted octanol–water partition coefficient (Wildman–Crippen LogP) is 2.29. The van der Waals surface area contributed by atoms with Crippen molar-refractivity contribution < 1.29 is 18.3 Å². The number of aryl methyl sites for hydroxylation is 1. The molecule has 0 bridgehead atoms. The number of alkyl halides is 3. The number of para-hydroxylation sites is 1. The first-order valence-corrected chi connectivity index (χ1v) is 8.26. The van der Waals surface area contributed by atoms with Crippen LogP contribution in [0.5, 0.6) is 0 Å². The van der Waals surface area contributed by atoms with E-state index in [0.29, 0.717) is 16.6 Å². The topological polar surface area (TPSA) is 71.2 Å². The molecule has 27 heavy (non-hydrogen) atoms. The molecule has 0 aliphatic carbocycles. The molecule has 3 aromatic rings. The average Bonchev–Trinajstić information content (AvgIpc) is 2.58. The van der Waals surface area contributed by atoms with Gasteiger partial charge in [0.25, 0.3) is 0 Å². The van der Waals surface area contributed by atoms with Crippen molar-refractivity contribution in [2.24, 2.45) is 0 Å². The van der Waals surface area contributed by atoms with Gasteiger partial charge in [-0.25, -0.2) is 14.3 Å². The molecular weight excluding hydrogens is 361 g/mol. The van der Waals surface area contributed by atoms with Gasteiger partial charge in [-0.2, -0.15) is 18.2 Å². The van der Waals surface area contributed by atoms with E-state index in [4.69, 9.17) is 0 Å². The maximum Gasteiger partial charge on any atom is 0.433 e. The smallest absolute Gasteiger partial charge is 0.389 e. The van der Waals surface area contributed by atoms with Crippen LogP contribution in [0, 0.1) is 6.92 Å². The SMILES string of the molecule is Cc1ccccc1-n1c(=O)nc(N2CC(O)C2)c2ccc(C(F)(F)F)nc21. The fourth-order valence-electron chi connectivity index (χ4n) is 3.14. The second-order valence-electron chi connectivity index (χ2n) is 6.46. The van der Waals surface area contributed by atoms with Gasteiger partial charge in [0.2, 0.25) is 0 Å². The Kier molecular flexibility index (Phi) is 3.92. The quantitative estimate of drug-likeness (QED) is 0.743. The van der Waals surface area contributed by atoms with E-state index in [1.165, 1.54) is 6.07 Å². The number of β-amino-alcohol motifs (C(OH)–C–C–N with tert-alkyl or cyclic N) is 1. The van der Waals surface area contributed by atoms with Crippen LogP contribution in [0.2, 0.25) is 0 Å². The van der Waals surface area contributed by atoms with Gasteiger partial charge in [-0.1, -0.05) is 18.2 Å². The molecule has 4 rings (SSSR count). The van der Waals surface area contributed by atoms with Crippen molar-refractivity contribution in [3.05, 3.63) is 58.1 Å². The van der Waals surface area contributed by atoms with Crippen molar-refractivity contribution in [1.29, 1.82) is 0 Å². The highest BCUT2D eigenvalue weighted by Crippen LogP contribution is 2.32. The second-order valence-corrected chi connectivity index (χ2v) is 6.46. The maximum absolute atomic E-state index is 13.2. The van der Waals surface area contributed by atoms with Crippen molar-refractivity contribution >= 4 is 16.9 Å². The number of benzene rings is 1. The van der Waals surface area contributed by atoms with Gasteiger partial charge in [-0.15, -0.1) is 0 Å². The molecule has 6 nitrogen and oxygen atoms in total. The first-order valence-electron chi connectivity index (χ1n) is 8.26. The zero-order chi connectivity index (χ0) is 19.3. The van der Waals surface area contributed by atoms with Crippen LogP contribution in [0.4, 0.5) is 19.0 Å². The largest absolute Gasteiger partial charge is 0.433 e. The number of fused-ring (bicyclic) bond motifs is 1. The van der Waals surface area contributed by atoms with Gasteiger partial charge >= 0.3 is 11.9 Å². The molecule has 0 spiro atoms. The molecule has 1 N–H and O–H groups in total. The molecule has 9 heteroatoms. The molecule has 1 saturated heterocycles. The highest BCUT2D eigenvalue weighted by molar-refractivity contribution is 5.88. The summed E-state index contributed by atoms with van der Waals surface area (Å²) in [7, 11) is 0. The van der Waals surface area contributed by atoms with E-state index in [1.54, 1.807) is 36.1 Å². The van der Waals surface area contributed by atoms with E-state index in [1.807, 2.05) is 0 Å². The number of hydrogen-bond donors (Lipinski definition) is 1. The Hall–Kier alpha value is -2.94. The average molecular weight is 376 g/mol. The zero-order valence-corrected chi connectivity index (χ0v) is 14.2. The fourth-order valence-corrected chi connectivity index (χ4v) is 3.14. The summed E-state index contributed by atoms with van der Waals surface area (Å²) >= 11 is 0. The van der Waals surface area contributed by atoms with Crippen LogP contribution >= 0.6 is 0 Å². The van der Waals surface area contributed by atoms with Gasteiger partial charge in [-0.3, -0.25) is 0 Å². The fraction of sp³-hybridized carbons (Fsp3) is 0.278. The molecule has 3 heterocycles. The Morgan fingerprint density at radius 1 is 1.11 bits per heavy atom. The Morgan fingerprint density at radius 2 is 1.81 bits per heavy atom. The number of nitrogens with zero attached hydrogens (tertiary/aromatic N) is 4. The molecule has 140 valence electrons. The molecule has 0 radical (unpaired) electrons. The Morgan fingerprint density at radius 3 is 2.44 bits per heavy atom. The lowest BCUT2D eigenvalue weighted by molar-refractivity contribution is -0.141. The van der Waals surface area contributed by atoms with Crippen molar-refractivity contribution in [3.8, 4) is 5.69 Å². The minimum atomic E-state index is -4.64. The molecule has 0 unspecified atom stereocenters. The van der Waals surface area contributed by atoms with Gasteiger partial charge in [-0.05, 0) is 30.7 Å². The minimum Gasteiger partial charge on any atom is -0.389 e. The number of aliphatic hydroxyl groups is 1. The highest BCUT2D eigenvalue weighted by Gasteiger charge is 2.34. The van der Waals surface area contributed by atoms with Crippen molar-refractivity contribution in [2.45, 2.75) is 19.2 Å². The number of hydrogen-bond acceptors (Lipinski definition) is 5. The van der Waals surface area contributed by atoms with Gasteiger partial charge in [0.05, 0.1) is 17.2 Å². The van der Waals surface area contributed by atoms with Crippen molar-refractivity contribution in [3.63, 3.8) is 0 Å². The van der Waals surface area contributed by atoms with Crippen LogP contribution in [0.1, 0.15) is 11.3 Å². The summed E-state index contributed by atoms with van der Waals surface area (Å²) in [4.78, 5) is 22.2. The number of anilines is 1. The molecule has 2 aromatic heterocycles. The minimum absolute atomic E-state index is 0.115. The summed E-state index contributed by atoms with van der Waals surface area (Å²) in [5.74, 6) is 0.228. The Balaban J connectivity index is 2.05. The molecular formula is C18H15F3N4O2. The van der Waals surface area contributed by atoms with E-state index in [9.17, 15) is 23.1 Å². The number of pyridine rings is 1. The summed E-state index contributed by atoms with van der Waals surface area (Å²) in [6.45, 7) is 2.27. The molecule has 0 saturated carbocycles. The number of aliphatic hydroxyl groups excluding tert-OH is 1. The lowest BCUT2D eigenvalue weighted by atomic mass is 10.1. The number of rotatable bonds is 2. The summed E-state index contributed by atoms with van der Waals surface area (Å²) in [6.07, 6.45) is -5.19. The zero-order valence-electron chi connectivity index (χ0n) is 14.2. The van der Waals surface area contributed by atoms with Crippen LogP contribution < -0.4 is 10.6 Å². The first-order chi connectivity index (χ1) is 12.8. The predicted molar refractivity (Wildman–Crippen MR) is 93.1 cm³/mol. The third-order valence-electron chi connectivity index (χ3n) is 4.53. The molecule has 1 aliphatic heterocycles. The third kappa shape index (κ3) is 2.93. The third-order valence-corrected chi connectivity index (χ3v) is 4.53. The standard InChI is InChI=1S/C18H15F3N4O2/c1-10-4-2-3-5-13(10)25-16-12(6-7-14(22-16)18(19,20)21)15(23-17(25)27)24-8-11(26)9-24/h2-7,11,26H,8-9H2,1H3.